The van der Waals surface area contributed by atoms with Gasteiger partial charge in [-0.3, -0.25) is 14.5 Å². The second-order valence-corrected chi connectivity index (χ2v) is 5.89. The van der Waals surface area contributed by atoms with Crippen LogP contribution in [0.5, 0.6) is 0 Å². The molecule has 0 aromatic carbocycles. The van der Waals surface area contributed by atoms with Gasteiger partial charge in [0.05, 0.1) is 11.5 Å². The SMILES string of the molecule is CC(C)(C#N)CN1C(=O)CC(C)(C)CC1=O. The molecule has 0 unspecified atom stereocenters. The Morgan fingerprint density at radius 3 is 2.12 bits per heavy atom. The third-order valence-electron chi connectivity index (χ3n) is 2.72. The van der Waals surface area contributed by atoms with Crippen LogP contribution in [0.2, 0.25) is 0 Å². The molecule has 0 saturated carbocycles. The smallest absolute Gasteiger partial charge is 0.229 e. The minimum absolute atomic E-state index is 0.162. The van der Waals surface area contributed by atoms with E-state index in [1.54, 1.807) is 13.8 Å². The summed E-state index contributed by atoms with van der Waals surface area (Å²) in [5.41, 5.74) is -0.922. The van der Waals surface area contributed by atoms with Crippen molar-refractivity contribution in [2.45, 2.75) is 40.5 Å². The average Bonchev–Trinajstić information content (AvgIpc) is 2.10. The molecule has 1 aliphatic heterocycles. The first-order chi connectivity index (χ1) is 7.17. The second-order valence-electron chi connectivity index (χ2n) is 5.89. The molecule has 0 aromatic rings. The highest BCUT2D eigenvalue weighted by Gasteiger charge is 2.39. The van der Waals surface area contributed by atoms with Gasteiger partial charge in [0.25, 0.3) is 0 Å². The molecule has 0 atom stereocenters. The molecule has 1 heterocycles. The number of piperidine rings is 1. The lowest BCUT2D eigenvalue weighted by Gasteiger charge is -2.36. The number of rotatable bonds is 2. The van der Waals surface area contributed by atoms with Gasteiger partial charge >= 0.3 is 0 Å². The molecule has 0 bridgehead atoms. The summed E-state index contributed by atoms with van der Waals surface area (Å²) >= 11 is 0. The molecule has 1 fully saturated rings. The number of nitriles is 1. The summed E-state index contributed by atoms with van der Waals surface area (Å²) in [6.07, 6.45) is 0.750. The lowest BCUT2D eigenvalue weighted by atomic mass is 9.81. The fourth-order valence-electron chi connectivity index (χ4n) is 1.82. The van der Waals surface area contributed by atoms with E-state index in [-0.39, 0.29) is 23.8 Å². The highest BCUT2D eigenvalue weighted by molar-refractivity contribution is 5.98. The number of hydrogen-bond donors (Lipinski definition) is 0. The Kier molecular flexibility index (Phi) is 3.09. The van der Waals surface area contributed by atoms with Gasteiger partial charge in [0, 0.05) is 19.4 Å². The normalized spacial score (nSPS) is 20.8. The van der Waals surface area contributed by atoms with Crippen LogP contribution in [0.1, 0.15) is 40.5 Å². The van der Waals surface area contributed by atoms with Gasteiger partial charge in [0.1, 0.15) is 0 Å². The van der Waals surface area contributed by atoms with Crippen molar-refractivity contribution in [2.75, 3.05) is 6.54 Å². The number of amides is 2. The molecule has 0 spiro atoms. The molecule has 1 aliphatic rings. The third-order valence-corrected chi connectivity index (χ3v) is 2.72. The van der Waals surface area contributed by atoms with Crippen LogP contribution in [-0.4, -0.2) is 23.3 Å². The van der Waals surface area contributed by atoms with E-state index in [1.807, 2.05) is 13.8 Å². The standard InChI is InChI=1S/C12H18N2O2/c1-11(2)5-9(15)14(10(16)6-11)8-12(3,4)7-13/h5-6,8H2,1-4H3. The van der Waals surface area contributed by atoms with E-state index in [0.717, 1.165) is 0 Å². The zero-order valence-corrected chi connectivity index (χ0v) is 10.3. The predicted octanol–water partition coefficient (Wildman–Crippen LogP) is 1.71. The number of imide groups is 1. The van der Waals surface area contributed by atoms with Crippen molar-refractivity contribution in [1.29, 1.82) is 5.26 Å². The quantitative estimate of drug-likeness (QED) is 0.668. The summed E-state index contributed by atoms with van der Waals surface area (Å²) in [7, 11) is 0. The van der Waals surface area contributed by atoms with Crippen LogP contribution in [0.15, 0.2) is 0 Å². The zero-order chi connectivity index (χ0) is 12.6. The van der Waals surface area contributed by atoms with E-state index >= 15 is 0 Å². The van der Waals surface area contributed by atoms with Crippen molar-refractivity contribution in [3.63, 3.8) is 0 Å². The number of likely N-dealkylation sites (tertiary alicyclic amines) is 1. The van der Waals surface area contributed by atoms with Crippen LogP contribution in [0.25, 0.3) is 0 Å². The van der Waals surface area contributed by atoms with E-state index < -0.39 is 5.41 Å². The maximum atomic E-state index is 11.8. The maximum absolute atomic E-state index is 11.8. The first-order valence-corrected chi connectivity index (χ1v) is 5.41. The first-order valence-electron chi connectivity index (χ1n) is 5.41. The predicted molar refractivity (Wildman–Crippen MR) is 59.1 cm³/mol. The van der Waals surface area contributed by atoms with Crippen molar-refractivity contribution in [3.05, 3.63) is 0 Å². The molecular formula is C12H18N2O2. The molecule has 88 valence electrons. The van der Waals surface area contributed by atoms with E-state index in [1.165, 1.54) is 4.90 Å². The van der Waals surface area contributed by atoms with Crippen LogP contribution in [0, 0.1) is 22.2 Å². The molecule has 4 nitrogen and oxygen atoms in total. The van der Waals surface area contributed by atoms with Crippen molar-refractivity contribution in [3.8, 4) is 6.07 Å². The average molecular weight is 222 g/mol. The fraction of sp³-hybridized carbons (Fsp3) is 0.750. The van der Waals surface area contributed by atoms with Crippen molar-refractivity contribution >= 4 is 11.8 Å². The van der Waals surface area contributed by atoms with E-state index in [9.17, 15) is 9.59 Å². The molecule has 0 radical (unpaired) electrons. The Morgan fingerprint density at radius 1 is 1.31 bits per heavy atom. The molecule has 1 rings (SSSR count). The summed E-state index contributed by atoms with van der Waals surface area (Å²) in [4.78, 5) is 24.8. The molecule has 0 aliphatic carbocycles. The van der Waals surface area contributed by atoms with Crippen LogP contribution in [-0.2, 0) is 9.59 Å². The Balaban J connectivity index is 2.81. The van der Waals surface area contributed by atoms with Crippen LogP contribution in [0.4, 0.5) is 0 Å². The van der Waals surface area contributed by atoms with Crippen LogP contribution >= 0.6 is 0 Å². The third kappa shape index (κ3) is 2.82. The lowest BCUT2D eigenvalue weighted by molar-refractivity contribution is -0.153. The summed E-state index contributed by atoms with van der Waals surface area (Å²) in [5, 5.41) is 8.90. The summed E-state index contributed by atoms with van der Waals surface area (Å²) in [6, 6.07) is 2.10. The highest BCUT2D eigenvalue weighted by atomic mass is 16.2. The van der Waals surface area contributed by atoms with Gasteiger partial charge in [-0.15, -0.1) is 0 Å². The summed E-state index contributed by atoms with van der Waals surface area (Å²) in [5.74, 6) is -0.325. The molecule has 1 saturated heterocycles. The minimum atomic E-state index is -0.674. The van der Waals surface area contributed by atoms with Gasteiger partial charge < -0.3 is 0 Å². The molecule has 16 heavy (non-hydrogen) atoms. The number of hydrogen-bond acceptors (Lipinski definition) is 3. The number of nitrogens with zero attached hydrogens (tertiary/aromatic N) is 2. The Hall–Kier alpha value is -1.37. The summed E-state index contributed by atoms with van der Waals surface area (Å²) in [6.45, 7) is 7.48. The van der Waals surface area contributed by atoms with Crippen molar-refractivity contribution in [2.24, 2.45) is 10.8 Å². The van der Waals surface area contributed by atoms with Crippen molar-refractivity contribution < 1.29 is 9.59 Å². The Labute approximate surface area is 96.2 Å². The van der Waals surface area contributed by atoms with Gasteiger partial charge in [0.2, 0.25) is 11.8 Å². The van der Waals surface area contributed by atoms with Crippen LogP contribution in [0.3, 0.4) is 0 Å². The molecule has 4 heteroatoms. The zero-order valence-electron chi connectivity index (χ0n) is 10.3. The second kappa shape index (κ2) is 3.89. The first kappa shape index (κ1) is 12.7. The Morgan fingerprint density at radius 2 is 1.75 bits per heavy atom. The molecule has 2 amide bonds. The molecule has 0 aromatic heterocycles. The minimum Gasteiger partial charge on any atom is -0.281 e. The van der Waals surface area contributed by atoms with E-state index in [4.69, 9.17) is 5.26 Å². The molecule has 0 N–H and O–H groups in total. The van der Waals surface area contributed by atoms with Gasteiger partial charge in [-0.25, -0.2) is 0 Å². The summed E-state index contributed by atoms with van der Waals surface area (Å²) < 4.78 is 0. The monoisotopic (exact) mass is 222 g/mol. The van der Waals surface area contributed by atoms with Crippen LogP contribution < -0.4 is 0 Å². The topological polar surface area (TPSA) is 61.2 Å². The van der Waals surface area contributed by atoms with Gasteiger partial charge in [-0.05, 0) is 19.3 Å². The maximum Gasteiger partial charge on any atom is 0.229 e. The van der Waals surface area contributed by atoms with E-state index in [0.29, 0.717) is 12.8 Å². The van der Waals surface area contributed by atoms with Gasteiger partial charge in [0.15, 0.2) is 0 Å². The Bertz CT molecular complexity index is 344. The fourth-order valence-corrected chi connectivity index (χ4v) is 1.82. The van der Waals surface area contributed by atoms with E-state index in [2.05, 4.69) is 6.07 Å². The molecular weight excluding hydrogens is 204 g/mol. The largest absolute Gasteiger partial charge is 0.281 e. The number of carbonyl (C=O) groups is 2. The van der Waals surface area contributed by atoms with Gasteiger partial charge in [-0.1, -0.05) is 13.8 Å². The highest BCUT2D eigenvalue weighted by Crippen LogP contribution is 2.32. The lowest BCUT2D eigenvalue weighted by Crippen LogP contribution is -2.49. The van der Waals surface area contributed by atoms with Crippen molar-refractivity contribution in [1.82, 2.24) is 4.90 Å². The number of carbonyl (C=O) groups excluding carboxylic acids is 2. The van der Waals surface area contributed by atoms with Gasteiger partial charge in [-0.2, -0.15) is 5.26 Å².